The molecule has 0 aliphatic heterocycles. The van der Waals surface area contributed by atoms with Crippen molar-refractivity contribution in [2.24, 2.45) is 11.5 Å². The molecule has 0 atom stereocenters. The molecule has 0 aliphatic rings. The smallest absolute Gasteiger partial charge is 0.407 e. The quantitative estimate of drug-likeness (QED) is 0.0404. The van der Waals surface area contributed by atoms with E-state index < -0.39 is 29.8 Å². The van der Waals surface area contributed by atoms with Gasteiger partial charge in [-0.2, -0.15) is 10.2 Å². The second-order valence-corrected chi connectivity index (χ2v) is 16.0. The van der Waals surface area contributed by atoms with Gasteiger partial charge in [0.25, 0.3) is 5.91 Å². The fourth-order valence-corrected chi connectivity index (χ4v) is 7.85. The molecule has 7 N–H and O–H groups in total. The van der Waals surface area contributed by atoms with Crippen LogP contribution in [-0.2, 0) is 40.4 Å². The molecule has 0 aliphatic carbocycles. The first-order valence-electron chi connectivity index (χ1n) is 22.6. The van der Waals surface area contributed by atoms with E-state index in [0.717, 1.165) is 11.4 Å². The number of carbonyl (C=O) groups is 5. The van der Waals surface area contributed by atoms with Gasteiger partial charge in [-0.25, -0.2) is 19.7 Å². The highest BCUT2D eigenvalue weighted by Crippen LogP contribution is 2.37. The molecule has 7 aromatic rings. The van der Waals surface area contributed by atoms with Crippen molar-refractivity contribution in [2.75, 3.05) is 45.4 Å². The summed E-state index contributed by atoms with van der Waals surface area (Å²) in [6, 6.07) is 9.88. The standard InChI is InChI=1S/C47H55N13O10/c1-6-59-34(20-27(3)55-59)43-51-26-32-31-22-29(41(48)63)24-36(68-17-10-16-67-5)39(31)57(44(32)53-43)14-8-9-15-58-40-33(52-46(58)54-45(65)35-21-28(4)56-60(35)7-2)23-30(42(49)64)25-37(40)69-18-11-19-70-47(66)50-13-12-38(61)62/h8-9,20-26H,6-7,10-19H2,1-5H3,(H2,48,63)(H2,49,64)(H,50,66)(H,61,62)(H,52,54,65)/b9-8+. The fourth-order valence-electron chi connectivity index (χ4n) is 7.85. The van der Waals surface area contributed by atoms with Crippen molar-refractivity contribution in [1.29, 1.82) is 0 Å². The number of alkyl carbamates (subject to hydrolysis) is 1. The SMILES string of the molecule is CCn1nc(C)cc1C(=O)Nc1nc2cc(C(N)=O)cc(OCCCOC(=O)NCCC(=O)O)c2n1C/C=C/Cn1c2nc(-c3cc(C)nn3CC)ncc2c2cc(C(N)=O)cc(OCCCOC)c21. The number of rotatable bonds is 24. The molecular weight excluding hydrogens is 907 g/mol. The minimum absolute atomic E-state index is 0.0149. The van der Waals surface area contributed by atoms with Gasteiger partial charge >= 0.3 is 12.1 Å². The number of aliphatic carboxylic acids is 1. The lowest BCUT2D eigenvalue weighted by atomic mass is 10.1. The van der Waals surface area contributed by atoms with Crippen LogP contribution in [0.3, 0.4) is 0 Å². The van der Waals surface area contributed by atoms with Crippen LogP contribution in [0.5, 0.6) is 11.5 Å². The number of fused-ring (bicyclic) bond motifs is 4. The first-order chi connectivity index (χ1) is 33.7. The molecular formula is C47H55N13O10. The number of aryl methyl sites for hydroxylation is 4. The van der Waals surface area contributed by atoms with Gasteiger partial charge in [-0.05, 0) is 64.1 Å². The van der Waals surface area contributed by atoms with Crippen molar-refractivity contribution < 1.29 is 48.0 Å². The van der Waals surface area contributed by atoms with E-state index in [1.54, 1.807) is 47.7 Å². The Morgan fingerprint density at radius 1 is 0.757 bits per heavy atom. The summed E-state index contributed by atoms with van der Waals surface area (Å²) in [7, 11) is 1.61. The van der Waals surface area contributed by atoms with Crippen molar-refractivity contribution in [1.82, 2.24) is 49.0 Å². The number of carboxylic acid groups (broad SMARTS) is 1. The summed E-state index contributed by atoms with van der Waals surface area (Å²) in [5.74, 6) is -1.73. The van der Waals surface area contributed by atoms with E-state index in [1.165, 1.54) is 12.1 Å². The normalized spacial score (nSPS) is 11.5. The summed E-state index contributed by atoms with van der Waals surface area (Å²) in [5, 5.41) is 24.5. The Labute approximate surface area is 400 Å². The van der Waals surface area contributed by atoms with Crippen LogP contribution in [0.25, 0.3) is 44.5 Å². The van der Waals surface area contributed by atoms with Crippen molar-refractivity contribution in [3.05, 3.63) is 83.0 Å². The van der Waals surface area contributed by atoms with Gasteiger partial charge in [-0.3, -0.25) is 33.9 Å². The highest BCUT2D eigenvalue weighted by atomic mass is 16.5. The van der Waals surface area contributed by atoms with Crippen molar-refractivity contribution in [3.8, 4) is 23.0 Å². The minimum Gasteiger partial charge on any atom is -0.491 e. The monoisotopic (exact) mass is 961 g/mol. The molecule has 7 rings (SSSR count). The topological polar surface area (TPSA) is 303 Å². The number of aromatic nitrogens is 9. The van der Waals surface area contributed by atoms with Gasteiger partial charge in [0.1, 0.15) is 34.1 Å². The number of nitrogens with one attached hydrogen (secondary N) is 2. The predicted octanol–water partition coefficient (Wildman–Crippen LogP) is 4.74. The number of amides is 4. The van der Waals surface area contributed by atoms with Crippen LogP contribution >= 0.6 is 0 Å². The first-order valence-corrected chi connectivity index (χ1v) is 22.6. The molecule has 23 nitrogen and oxygen atoms in total. The Morgan fingerprint density at radius 2 is 1.40 bits per heavy atom. The van der Waals surface area contributed by atoms with Crippen molar-refractivity contribution >= 4 is 68.7 Å². The molecule has 368 valence electrons. The molecule has 0 radical (unpaired) electrons. The molecule has 0 spiro atoms. The minimum atomic E-state index is -1.06. The zero-order chi connectivity index (χ0) is 50.1. The Morgan fingerprint density at radius 3 is 2.07 bits per heavy atom. The molecule has 5 heterocycles. The number of imidazole rings is 1. The molecule has 2 aromatic carbocycles. The van der Waals surface area contributed by atoms with Gasteiger partial charge in [0.05, 0.1) is 48.7 Å². The fraction of sp³-hybridized carbons (Fsp3) is 0.362. The third kappa shape index (κ3) is 11.2. The predicted molar refractivity (Wildman–Crippen MR) is 257 cm³/mol. The molecule has 5 aromatic heterocycles. The lowest BCUT2D eigenvalue weighted by Crippen LogP contribution is -2.27. The molecule has 0 unspecified atom stereocenters. The van der Waals surface area contributed by atoms with Crippen LogP contribution in [-0.4, -0.2) is 119 Å². The molecule has 4 amide bonds. The van der Waals surface area contributed by atoms with Crippen molar-refractivity contribution in [2.45, 2.75) is 73.1 Å². The maximum atomic E-state index is 13.9. The van der Waals surface area contributed by atoms with Gasteiger partial charge in [0.2, 0.25) is 17.8 Å². The summed E-state index contributed by atoms with van der Waals surface area (Å²) >= 11 is 0. The Hall–Kier alpha value is -8.34. The van der Waals surface area contributed by atoms with E-state index in [-0.39, 0.29) is 80.6 Å². The number of anilines is 1. The number of carbonyl (C=O) groups excluding carboxylic acids is 4. The summed E-state index contributed by atoms with van der Waals surface area (Å²) < 4.78 is 30.0. The van der Waals surface area contributed by atoms with Crippen LogP contribution in [0.2, 0.25) is 0 Å². The Bertz CT molecular complexity index is 3130. The third-order valence-corrected chi connectivity index (χ3v) is 11.0. The molecule has 0 saturated heterocycles. The maximum absolute atomic E-state index is 13.9. The lowest BCUT2D eigenvalue weighted by molar-refractivity contribution is -0.136. The molecule has 0 fully saturated rings. The number of primary amides is 2. The van der Waals surface area contributed by atoms with E-state index in [1.807, 2.05) is 48.2 Å². The van der Waals surface area contributed by atoms with Crippen molar-refractivity contribution in [3.63, 3.8) is 0 Å². The van der Waals surface area contributed by atoms with Gasteiger partial charge in [0.15, 0.2) is 5.82 Å². The van der Waals surface area contributed by atoms with Crippen LogP contribution in [0.1, 0.15) is 75.7 Å². The Balaban J connectivity index is 1.28. The second-order valence-electron chi connectivity index (χ2n) is 16.0. The molecule has 23 heteroatoms. The number of carboxylic acids is 1. The lowest BCUT2D eigenvalue weighted by Gasteiger charge is -2.13. The second kappa shape index (κ2) is 22.2. The van der Waals surface area contributed by atoms with E-state index in [2.05, 4.69) is 20.8 Å². The summed E-state index contributed by atoms with van der Waals surface area (Å²) in [4.78, 5) is 76.7. The molecule has 0 bridgehead atoms. The van der Waals surface area contributed by atoms with Crippen LogP contribution in [0.4, 0.5) is 10.7 Å². The van der Waals surface area contributed by atoms with Gasteiger partial charge < -0.3 is 50.0 Å². The molecule has 0 saturated carbocycles. The van der Waals surface area contributed by atoms with Crippen LogP contribution < -0.4 is 31.6 Å². The average Bonchev–Trinajstić information content (AvgIpc) is 4.09. The first kappa shape index (κ1) is 49.6. The highest BCUT2D eigenvalue weighted by molar-refractivity contribution is 6.12. The van der Waals surface area contributed by atoms with Crippen LogP contribution in [0.15, 0.2) is 54.7 Å². The highest BCUT2D eigenvalue weighted by Gasteiger charge is 2.24. The maximum Gasteiger partial charge on any atom is 0.407 e. The number of nitrogens with zero attached hydrogens (tertiary/aromatic N) is 9. The van der Waals surface area contributed by atoms with E-state index in [9.17, 15) is 24.0 Å². The van der Waals surface area contributed by atoms with E-state index in [4.69, 9.17) is 50.5 Å². The van der Waals surface area contributed by atoms with Gasteiger partial charge in [0, 0.05) is 87.4 Å². The average molecular weight is 962 g/mol. The number of benzene rings is 2. The third-order valence-electron chi connectivity index (χ3n) is 11.0. The number of hydrogen-bond donors (Lipinski definition) is 5. The number of methoxy groups -OCH3 is 1. The zero-order valence-corrected chi connectivity index (χ0v) is 39.5. The van der Waals surface area contributed by atoms with Gasteiger partial charge in [-0.15, -0.1) is 0 Å². The molecule has 70 heavy (non-hydrogen) atoms. The number of ether oxygens (including phenoxy) is 4. The number of nitrogens with two attached hydrogens (primary N) is 2. The number of allylic oxidation sites excluding steroid dienone is 2. The van der Waals surface area contributed by atoms with E-state index >= 15 is 0 Å². The largest absolute Gasteiger partial charge is 0.491 e. The Kier molecular flexibility index (Phi) is 15.7. The number of hydrogen-bond acceptors (Lipinski definition) is 14. The summed E-state index contributed by atoms with van der Waals surface area (Å²) in [6.07, 6.45) is 5.24. The summed E-state index contributed by atoms with van der Waals surface area (Å²) in [6.45, 7) is 9.50. The summed E-state index contributed by atoms with van der Waals surface area (Å²) in [5.41, 5.74) is 16.3. The van der Waals surface area contributed by atoms with E-state index in [0.29, 0.717) is 76.5 Å². The van der Waals surface area contributed by atoms with Crippen LogP contribution in [0, 0.1) is 13.8 Å². The zero-order valence-electron chi connectivity index (χ0n) is 39.5. The van der Waals surface area contributed by atoms with Gasteiger partial charge in [-0.1, -0.05) is 12.2 Å².